The van der Waals surface area contributed by atoms with Gasteiger partial charge in [-0.05, 0) is 17.6 Å². The van der Waals surface area contributed by atoms with Gasteiger partial charge in [0.05, 0.1) is 13.1 Å². The zero-order chi connectivity index (χ0) is 21.7. The molecule has 0 aliphatic carbocycles. The van der Waals surface area contributed by atoms with Gasteiger partial charge in [-0.2, -0.15) is 0 Å². The van der Waals surface area contributed by atoms with Crippen molar-refractivity contribution in [3.05, 3.63) is 98.7 Å². The molecule has 0 N–H and O–H groups in total. The van der Waals surface area contributed by atoms with E-state index >= 15 is 0 Å². The molecule has 0 bridgehead atoms. The molecule has 8 nitrogen and oxygen atoms in total. The fourth-order valence-corrected chi connectivity index (χ4v) is 3.43. The van der Waals surface area contributed by atoms with Gasteiger partial charge in [0.1, 0.15) is 6.54 Å². The van der Waals surface area contributed by atoms with Gasteiger partial charge in [0.15, 0.2) is 0 Å². The predicted octanol–water partition coefficient (Wildman–Crippen LogP) is 0.860. The Morgan fingerprint density at radius 3 is 1.97 bits per heavy atom. The normalized spacial score (nSPS) is 13.6. The third kappa shape index (κ3) is 4.17. The Labute approximate surface area is 173 Å². The minimum Gasteiger partial charge on any atom is -0.337 e. The van der Waals surface area contributed by atoms with Crippen LogP contribution < -0.4 is 17.1 Å². The van der Waals surface area contributed by atoms with Gasteiger partial charge in [-0.15, -0.1) is 13.2 Å². The van der Waals surface area contributed by atoms with E-state index in [1.54, 1.807) is 4.90 Å². The molecular weight excluding hydrogens is 384 g/mol. The first-order valence-electron chi connectivity index (χ1n) is 9.66. The number of hydrogen-bond acceptors (Lipinski definition) is 4. The molecule has 0 atom stereocenters. The van der Waals surface area contributed by atoms with Gasteiger partial charge in [0.25, 0.3) is 0 Å². The fraction of sp³-hybridized carbons (Fsp3) is 0.273. The summed E-state index contributed by atoms with van der Waals surface area (Å²) in [5, 5.41) is 0. The number of carbonyl (C=O) groups excluding carboxylic acids is 1. The maximum Gasteiger partial charge on any atom is 0.337 e. The van der Waals surface area contributed by atoms with E-state index in [1.165, 1.54) is 12.2 Å². The van der Waals surface area contributed by atoms with Crippen LogP contribution in [0.3, 0.4) is 0 Å². The van der Waals surface area contributed by atoms with Gasteiger partial charge in [0.2, 0.25) is 5.91 Å². The molecule has 1 aromatic carbocycles. The van der Waals surface area contributed by atoms with Crippen molar-refractivity contribution in [3.63, 3.8) is 0 Å². The Kier molecular flexibility index (Phi) is 6.46. The Hall–Kier alpha value is -3.68. The van der Waals surface area contributed by atoms with Crippen molar-refractivity contribution in [1.82, 2.24) is 18.6 Å². The number of amides is 1. The number of hydrogen-bond donors (Lipinski definition) is 0. The van der Waals surface area contributed by atoms with Crippen molar-refractivity contribution < 1.29 is 4.79 Å². The lowest BCUT2D eigenvalue weighted by Crippen LogP contribution is -2.55. The standard InChI is InChI=1S/C22H24N4O4/c1-3-12-24-20(28)25(13-4-2)22(30)26(21(24)29)16-19(27)23-14-10-18(11-15-23)17-8-6-5-7-9-17/h3-10H,1-2,11-16H2. The Balaban J connectivity index is 1.87. The van der Waals surface area contributed by atoms with E-state index in [4.69, 9.17) is 0 Å². The number of carbonyl (C=O) groups is 1. The van der Waals surface area contributed by atoms with E-state index in [-0.39, 0.29) is 19.0 Å². The summed E-state index contributed by atoms with van der Waals surface area (Å²) in [5.41, 5.74) is -0.122. The van der Waals surface area contributed by atoms with Gasteiger partial charge >= 0.3 is 17.1 Å². The number of rotatable bonds is 7. The second-order valence-corrected chi connectivity index (χ2v) is 6.92. The summed E-state index contributed by atoms with van der Waals surface area (Å²) in [6.45, 7) is 7.40. The number of nitrogens with zero attached hydrogens (tertiary/aromatic N) is 4. The molecule has 1 amide bonds. The van der Waals surface area contributed by atoms with Crippen molar-refractivity contribution in [1.29, 1.82) is 0 Å². The largest absolute Gasteiger partial charge is 0.337 e. The molecule has 0 spiro atoms. The smallest absolute Gasteiger partial charge is 0.337 e. The zero-order valence-electron chi connectivity index (χ0n) is 16.7. The summed E-state index contributed by atoms with van der Waals surface area (Å²) in [6, 6.07) is 9.92. The highest BCUT2D eigenvalue weighted by Gasteiger charge is 2.22. The van der Waals surface area contributed by atoms with Crippen LogP contribution in [-0.4, -0.2) is 37.6 Å². The van der Waals surface area contributed by atoms with Crippen LogP contribution >= 0.6 is 0 Å². The lowest BCUT2D eigenvalue weighted by Gasteiger charge is -2.27. The Morgan fingerprint density at radius 1 is 0.900 bits per heavy atom. The van der Waals surface area contributed by atoms with E-state index in [0.717, 1.165) is 24.8 Å². The summed E-state index contributed by atoms with van der Waals surface area (Å²) in [7, 11) is 0. The topological polar surface area (TPSA) is 86.3 Å². The molecule has 2 heterocycles. The molecular formula is C22H24N4O4. The lowest BCUT2D eigenvalue weighted by atomic mass is 9.99. The minimum atomic E-state index is -0.823. The monoisotopic (exact) mass is 408 g/mol. The first-order chi connectivity index (χ1) is 14.5. The maximum atomic E-state index is 12.8. The van der Waals surface area contributed by atoms with Crippen LogP contribution in [-0.2, 0) is 24.4 Å². The molecule has 0 radical (unpaired) electrons. The van der Waals surface area contributed by atoms with E-state index in [1.807, 2.05) is 36.4 Å². The second-order valence-electron chi connectivity index (χ2n) is 6.92. The van der Waals surface area contributed by atoms with Gasteiger partial charge in [0, 0.05) is 13.1 Å². The van der Waals surface area contributed by atoms with E-state index in [2.05, 4.69) is 13.2 Å². The van der Waals surface area contributed by atoms with Crippen molar-refractivity contribution in [2.24, 2.45) is 0 Å². The SMILES string of the molecule is C=CCn1c(=O)n(CC=C)c(=O)n(CC(=O)N2CC=C(c3ccccc3)CC2)c1=O. The molecule has 1 aliphatic heterocycles. The highest BCUT2D eigenvalue weighted by Crippen LogP contribution is 2.21. The van der Waals surface area contributed by atoms with Crippen LogP contribution in [0.2, 0.25) is 0 Å². The Morgan fingerprint density at radius 2 is 1.47 bits per heavy atom. The quantitative estimate of drug-likeness (QED) is 0.636. The van der Waals surface area contributed by atoms with E-state index in [0.29, 0.717) is 19.5 Å². The fourth-order valence-electron chi connectivity index (χ4n) is 3.43. The highest BCUT2D eigenvalue weighted by atomic mass is 16.2. The van der Waals surface area contributed by atoms with Gasteiger partial charge in [-0.3, -0.25) is 4.79 Å². The first kappa shape index (κ1) is 21.0. The minimum absolute atomic E-state index is 0.0594. The third-order valence-corrected chi connectivity index (χ3v) is 5.01. The summed E-state index contributed by atoms with van der Waals surface area (Å²) in [5.74, 6) is -0.355. The molecule has 1 aromatic heterocycles. The van der Waals surface area contributed by atoms with Gasteiger partial charge in [-0.25, -0.2) is 28.1 Å². The summed E-state index contributed by atoms with van der Waals surface area (Å²) >= 11 is 0. The van der Waals surface area contributed by atoms with Crippen molar-refractivity contribution in [2.75, 3.05) is 13.1 Å². The van der Waals surface area contributed by atoms with E-state index < -0.39 is 23.6 Å². The van der Waals surface area contributed by atoms with Crippen LogP contribution in [0.4, 0.5) is 0 Å². The summed E-state index contributed by atoms with van der Waals surface area (Å²) in [4.78, 5) is 52.1. The molecule has 0 unspecified atom stereocenters. The van der Waals surface area contributed by atoms with Crippen molar-refractivity contribution in [3.8, 4) is 0 Å². The predicted molar refractivity (Wildman–Crippen MR) is 115 cm³/mol. The molecule has 0 saturated carbocycles. The number of benzene rings is 1. The summed E-state index contributed by atoms with van der Waals surface area (Å²) < 4.78 is 2.57. The average Bonchev–Trinajstić information content (AvgIpc) is 2.78. The first-order valence-corrected chi connectivity index (χ1v) is 9.66. The van der Waals surface area contributed by atoms with Crippen LogP contribution in [0.1, 0.15) is 12.0 Å². The number of allylic oxidation sites excluding steroid dienone is 2. The average molecular weight is 408 g/mol. The molecule has 0 saturated heterocycles. The molecule has 1 aliphatic rings. The van der Waals surface area contributed by atoms with Crippen LogP contribution in [0.25, 0.3) is 5.57 Å². The second kappa shape index (κ2) is 9.21. The van der Waals surface area contributed by atoms with E-state index in [9.17, 15) is 19.2 Å². The van der Waals surface area contributed by atoms with Crippen molar-refractivity contribution in [2.45, 2.75) is 26.1 Å². The lowest BCUT2D eigenvalue weighted by molar-refractivity contribution is -0.131. The van der Waals surface area contributed by atoms with Crippen LogP contribution in [0.15, 0.2) is 76.1 Å². The molecule has 2 aromatic rings. The molecule has 8 heteroatoms. The van der Waals surface area contributed by atoms with Gasteiger partial charge < -0.3 is 4.90 Å². The maximum absolute atomic E-state index is 12.8. The van der Waals surface area contributed by atoms with Crippen LogP contribution in [0, 0.1) is 0 Å². The van der Waals surface area contributed by atoms with Crippen molar-refractivity contribution >= 4 is 11.5 Å². The molecule has 30 heavy (non-hydrogen) atoms. The Bertz CT molecular complexity index is 1120. The van der Waals surface area contributed by atoms with Gasteiger partial charge in [-0.1, -0.05) is 48.6 Å². The molecule has 0 fully saturated rings. The highest BCUT2D eigenvalue weighted by molar-refractivity contribution is 5.78. The third-order valence-electron chi connectivity index (χ3n) is 5.01. The zero-order valence-corrected chi connectivity index (χ0v) is 16.7. The number of aromatic nitrogens is 3. The molecule has 3 rings (SSSR count). The molecule has 156 valence electrons. The van der Waals surface area contributed by atoms with Crippen LogP contribution in [0.5, 0.6) is 0 Å². The summed E-state index contributed by atoms with van der Waals surface area (Å²) in [6.07, 6.45) is 5.44.